The van der Waals surface area contributed by atoms with Crippen molar-refractivity contribution in [3.63, 3.8) is 0 Å². The van der Waals surface area contributed by atoms with Crippen LogP contribution in [0.25, 0.3) is 6.08 Å². The molecular weight excluding hydrogens is 270 g/mol. The summed E-state index contributed by atoms with van der Waals surface area (Å²) >= 11 is 0. The molecule has 2 atom stereocenters. The molecule has 0 aromatic carbocycles. The molecule has 1 aliphatic carbocycles. The first-order valence-electron chi connectivity index (χ1n) is 7.25. The lowest BCUT2D eigenvalue weighted by atomic mass is 9.84. The quantitative estimate of drug-likeness (QED) is 0.823. The Bertz CT molecular complexity index is 570. The van der Waals surface area contributed by atoms with Gasteiger partial charge in [-0.15, -0.1) is 0 Å². The normalized spacial score (nSPS) is 27.1. The standard InChI is InChI=1S/C15H21N3OS/c1-18-9-15-12(14(18)10-19)7-8-13(17-20(15)16)11-5-3-2-4-6-11/h7-11,13H,2-6H2,1H3,(H2,16,17). The van der Waals surface area contributed by atoms with Gasteiger partial charge in [0.25, 0.3) is 0 Å². The van der Waals surface area contributed by atoms with Crippen molar-refractivity contribution in [3.8, 4) is 0 Å². The fourth-order valence-corrected chi connectivity index (χ4v) is 4.62. The van der Waals surface area contributed by atoms with Crippen LogP contribution in [-0.4, -0.2) is 16.9 Å². The summed E-state index contributed by atoms with van der Waals surface area (Å²) in [6.45, 7) is 0. The number of fused-ring (bicyclic) bond motifs is 1. The molecule has 0 saturated heterocycles. The smallest absolute Gasteiger partial charge is 0.167 e. The predicted molar refractivity (Wildman–Crippen MR) is 81.7 cm³/mol. The van der Waals surface area contributed by atoms with Crippen molar-refractivity contribution in [2.24, 2.45) is 13.0 Å². The third-order valence-electron chi connectivity index (χ3n) is 4.45. The van der Waals surface area contributed by atoms with Gasteiger partial charge in [-0.05, 0) is 29.6 Å². The topological polar surface area (TPSA) is 57.9 Å². The van der Waals surface area contributed by atoms with E-state index in [0.717, 1.165) is 16.7 Å². The molecule has 0 amide bonds. The number of hydrogen-bond donors (Lipinski definition) is 2. The van der Waals surface area contributed by atoms with Gasteiger partial charge in [-0.3, -0.25) is 9.57 Å². The average molecular weight is 291 g/mol. The Morgan fingerprint density at radius 2 is 2.15 bits per heavy atom. The monoisotopic (exact) mass is 291 g/mol. The number of nitrogens with one attached hydrogen (secondary N) is 2. The summed E-state index contributed by atoms with van der Waals surface area (Å²) in [6, 6.07) is 0.272. The van der Waals surface area contributed by atoms with Gasteiger partial charge in [-0.1, -0.05) is 31.4 Å². The highest BCUT2D eigenvalue weighted by Gasteiger charge is 2.26. The molecule has 4 nitrogen and oxygen atoms in total. The summed E-state index contributed by atoms with van der Waals surface area (Å²) in [6.07, 6.45) is 13.5. The van der Waals surface area contributed by atoms with Crippen molar-refractivity contribution in [2.75, 3.05) is 0 Å². The summed E-state index contributed by atoms with van der Waals surface area (Å²) in [5.74, 6) is 0.637. The van der Waals surface area contributed by atoms with Crippen molar-refractivity contribution in [1.29, 1.82) is 4.78 Å². The lowest BCUT2D eigenvalue weighted by molar-refractivity contribution is 0.111. The van der Waals surface area contributed by atoms with E-state index in [1.807, 2.05) is 23.9 Å². The first-order valence-corrected chi connectivity index (χ1v) is 8.47. The van der Waals surface area contributed by atoms with Crippen LogP contribution >= 0.6 is 0 Å². The van der Waals surface area contributed by atoms with Gasteiger partial charge in [0.1, 0.15) is 0 Å². The average Bonchev–Trinajstić information content (AvgIpc) is 2.71. The summed E-state index contributed by atoms with van der Waals surface area (Å²) in [5.41, 5.74) is 1.60. The van der Waals surface area contributed by atoms with Crippen molar-refractivity contribution in [3.05, 3.63) is 23.5 Å². The number of carbonyl (C=O) groups is 1. The van der Waals surface area contributed by atoms with Crippen LogP contribution < -0.4 is 4.72 Å². The zero-order valence-electron chi connectivity index (χ0n) is 11.8. The summed E-state index contributed by atoms with van der Waals surface area (Å²) in [5, 5.41) is 0. The Morgan fingerprint density at radius 3 is 2.85 bits per heavy atom. The van der Waals surface area contributed by atoms with E-state index in [-0.39, 0.29) is 6.04 Å². The summed E-state index contributed by atoms with van der Waals surface area (Å²) in [4.78, 5) is 12.2. The van der Waals surface area contributed by atoms with Crippen LogP contribution in [0.5, 0.6) is 0 Å². The second kappa shape index (κ2) is 5.66. The van der Waals surface area contributed by atoms with Crippen molar-refractivity contribution >= 4 is 23.2 Å². The van der Waals surface area contributed by atoms with Crippen LogP contribution in [0, 0.1) is 10.7 Å². The summed E-state index contributed by atoms with van der Waals surface area (Å²) in [7, 11) is 1.12. The molecule has 108 valence electrons. The van der Waals surface area contributed by atoms with E-state index < -0.39 is 10.9 Å². The third kappa shape index (κ3) is 2.40. The number of aldehydes is 1. The molecule has 0 spiro atoms. The molecule has 0 bridgehead atoms. The highest BCUT2D eigenvalue weighted by molar-refractivity contribution is 7.84. The van der Waals surface area contributed by atoms with Gasteiger partial charge in [0.2, 0.25) is 0 Å². The fraction of sp³-hybridized carbons (Fsp3) is 0.533. The lowest BCUT2D eigenvalue weighted by Gasteiger charge is -2.28. The van der Waals surface area contributed by atoms with Gasteiger partial charge < -0.3 is 4.57 Å². The largest absolute Gasteiger partial charge is 0.347 e. The molecule has 1 aromatic rings. The first kappa shape index (κ1) is 13.8. The fourth-order valence-electron chi connectivity index (χ4n) is 3.29. The zero-order chi connectivity index (χ0) is 14.1. The Kier molecular flexibility index (Phi) is 3.89. The maximum Gasteiger partial charge on any atom is 0.167 e. The maximum atomic E-state index is 11.2. The molecule has 0 radical (unpaired) electrons. The number of nitrogens with zero attached hydrogens (tertiary/aromatic N) is 1. The second-order valence-corrected chi connectivity index (χ2v) is 7.02. The molecule has 20 heavy (non-hydrogen) atoms. The highest BCUT2D eigenvalue weighted by Crippen LogP contribution is 2.31. The number of aryl methyl sites for hydroxylation is 1. The molecule has 2 heterocycles. The van der Waals surface area contributed by atoms with Gasteiger partial charge in [0.15, 0.2) is 6.29 Å². The number of aromatic nitrogens is 1. The Balaban J connectivity index is 1.92. The minimum atomic E-state index is -0.748. The van der Waals surface area contributed by atoms with Crippen molar-refractivity contribution in [1.82, 2.24) is 9.29 Å². The van der Waals surface area contributed by atoms with Gasteiger partial charge in [-0.2, -0.15) is 0 Å². The van der Waals surface area contributed by atoms with E-state index in [4.69, 9.17) is 4.78 Å². The molecule has 2 unspecified atom stereocenters. The van der Waals surface area contributed by atoms with Crippen LogP contribution in [0.2, 0.25) is 0 Å². The zero-order valence-corrected chi connectivity index (χ0v) is 12.6. The van der Waals surface area contributed by atoms with Crippen LogP contribution in [0.1, 0.15) is 48.2 Å². The first-order chi connectivity index (χ1) is 9.70. The van der Waals surface area contributed by atoms with E-state index in [0.29, 0.717) is 11.6 Å². The highest BCUT2D eigenvalue weighted by atomic mass is 32.2. The van der Waals surface area contributed by atoms with Crippen LogP contribution in [-0.2, 0) is 17.9 Å². The maximum absolute atomic E-state index is 11.2. The van der Waals surface area contributed by atoms with Crippen molar-refractivity contribution in [2.45, 2.75) is 43.0 Å². The molecule has 1 fully saturated rings. The second-order valence-electron chi connectivity index (χ2n) is 5.73. The van der Waals surface area contributed by atoms with Crippen molar-refractivity contribution < 1.29 is 4.79 Å². The Hall–Kier alpha value is -1.20. The predicted octanol–water partition coefficient (Wildman–Crippen LogP) is 3.06. The molecule has 2 aliphatic rings. The third-order valence-corrected chi connectivity index (χ3v) is 5.72. The van der Waals surface area contributed by atoms with Gasteiger partial charge in [0.05, 0.1) is 10.6 Å². The van der Waals surface area contributed by atoms with Crippen LogP contribution in [0.15, 0.2) is 17.2 Å². The van der Waals surface area contributed by atoms with E-state index in [9.17, 15) is 4.79 Å². The van der Waals surface area contributed by atoms with E-state index >= 15 is 0 Å². The Morgan fingerprint density at radius 1 is 1.40 bits per heavy atom. The van der Waals surface area contributed by atoms with E-state index in [1.165, 1.54) is 32.1 Å². The molecular formula is C15H21N3OS. The number of carbonyl (C=O) groups excluding carboxylic acids is 1. The molecule has 1 aromatic heterocycles. The van der Waals surface area contributed by atoms with E-state index in [1.54, 1.807) is 0 Å². The molecule has 5 heteroatoms. The minimum Gasteiger partial charge on any atom is -0.347 e. The van der Waals surface area contributed by atoms with Crippen LogP contribution in [0.3, 0.4) is 0 Å². The number of hydrogen-bond acceptors (Lipinski definition) is 2. The Labute approximate surface area is 122 Å². The molecule has 1 saturated carbocycles. The number of rotatable bonds is 2. The molecule has 3 rings (SSSR count). The summed E-state index contributed by atoms with van der Waals surface area (Å²) < 4.78 is 13.6. The van der Waals surface area contributed by atoms with E-state index in [2.05, 4.69) is 10.8 Å². The lowest BCUT2D eigenvalue weighted by Crippen LogP contribution is -2.35. The van der Waals surface area contributed by atoms with Crippen LogP contribution in [0.4, 0.5) is 0 Å². The minimum absolute atomic E-state index is 0.272. The van der Waals surface area contributed by atoms with Gasteiger partial charge in [-0.25, -0.2) is 4.72 Å². The SMILES string of the molecule is Cn1cc2c(c1C=O)C=CC(C1CCCCC1)NS2=N. The van der Waals surface area contributed by atoms with Gasteiger partial charge >= 0.3 is 0 Å². The molecule has 1 aliphatic heterocycles. The molecule has 2 N–H and O–H groups in total. The van der Waals surface area contributed by atoms with Gasteiger partial charge in [0, 0.05) is 24.8 Å².